The highest BCUT2D eigenvalue weighted by molar-refractivity contribution is 5.98. The number of urea groups is 1. The van der Waals surface area contributed by atoms with Crippen molar-refractivity contribution < 1.29 is 38.3 Å². The van der Waals surface area contributed by atoms with Crippen LogP contribution in [0.2, 0.25) is 0 Å². The van der Waals surface area contributed by atoms with Gasteiger partial charge in [0.05, 0.1) is 6.04 Å². The molecule has 15 heteroatoms. The first-order chi connectivity index (χ1) is 29.4. The number of nitrogens with one attached hydrogen (secondary N) is 5. The molecule has 3 atom stereocenters. The van der Waals surface area contributed by atoms with Gasteiger partial charge in [0.25, 0.3) is 0 Å². The monoisotopic (exact) mass is 872 g/mol. The molecule has 0 radical (unpaired) electrons. The van der Waals surface area contributed by atoms with E-state index in [1.54, 1.807) is 24.3 Å². The van der Waals surface area contributed by atoms with Gasteiger partial charge in [0.1, 0.15) is 18.2 Å². The van der Waals surface area contributed by atoms with Crippen LogP contribution in [0.3, 0.4) is 0 Å². The Bertz CT molecular complexity index is 1500. The van der Waals surface area contributed by atoms with Crippen LogP contribution in [-0.4, -0.2) is 80.1 Å². The van der Waals surface area contributed by atoms with Crippen molar-refractivity contribution in [1.29, 1.82) is 0 Å². The number of carbonyl (C=O) groups is 7. The first-order valence-corrected chi connectivity index (χ1v) is 23.0. The molecule has 5 amide bonds. The average Bonchev–Trinajstić information content (AvgIpc) is 3.19. The fourth-order valence-electron chi connectivity index (χ4n) is 7.15. The standard InChI is InChI=1S/C47H81N7O8/c1-34(2)42(54-44(59)37(30-35(3)55)18-13-14-25-48)41(57)31-38(19-16-28-51-45(49)60)43(58)53-39-23-21-36(22-24-39)33-62-46(61)52-29-17-27-50-26-15-11-9-7-8-10-12-20-40(56)32-47(4,5)6/h21-24,34,37-38,42,50H,7-20,25-33,48H2,1-6H3,(H,52,61)(H,53,58)(H,54,59)(H3,49,51,60)/t37-,38-,42+/m1/s1. The Hall–Kier alpha value is -4.37. The zero-order valence-electron chi connectivity index (χ0n) is 38.8. The molecule has 0 fully saturated rings. The van der Waals surface area contributed by atoms with Gasteiger partial charge in [-0.2, -0.15) is 0 Å². The maximum Gasteiger partial charge on any atom is 0.407 e. The zero-order chi connectivity index (χ0) is 46.3. The molecule has 0 aliphatic carbocycles. The number of nitrogens with two attached hydrogens (primary N) is 2. The summed E-state index contributed by atoms with van der Waals surface area (Å²) in [6, 6.07) is 5.28. The summed E-state index contributed by atoms with van der Waals surface area (Å²) in [5, 5.41) is 14.4. The highest BCUT2D eigenvalue weighted by atomic mass is 16.5. The molecule has 9 N–H and O–H groups in total. The van der Waals surface area contributed by atoms with E-state index in [0.29, 0.717) is 56.7 Å². The van der Waals surface area contributed by atoms with Gasteiger partial charge in [0.2, 0.25) is 11.8 Å². The van der Waals surface area contributed by atoms with Crippen LogP contribution in [0.1, 0.15) is 156 Å². The van der Waals surface area contributed by atoms with E-state index >= 15 is 0 Å². The van der Waals surface area contributed by atoms with Crippen molar-refractivity contribution in [2.24, 2.45) is 34.6 Å². The zero-order valence-corrected chi connectivity index (χ0v) is 38.8. The molecule has 0 unspecified atom stereocenters. The molecule has 352 valence electrons. The topological polar surface area (TPSA) is 241 Å². The van der Waals surface area contributed by atoms with Crippen LogP contribution in [-0.2, 0) is 35.3 Å². The quantitative estimate of drug-likeness (QED) is 0.0350. The first kappa shape index (κ1) is 55.6. The Morgan fingerprint density at radius 2 is 1.29 bits per heavy atom. The summed E-state index contributed by atoms with van der Waals surface area (Å²) < 4.78 is 5.36. The molecule has 1 aromatic carbocycles. The number of alkyl carbamates (subject to hydrolysis) is 1. The van der Waals surface area contributed by atoms with E-state index in [4.69, 9.17) is 16.2 Å². The number of carbonyl (C=O) groups excluding carboxylic acids is 7. The molecule has 0 aromatic heterocycles. The molecule has 0 aliphatic rings. The Labute approximate surface area is 371 Å². The summed E-state index contributed by atoms with van der Waals surface area (Å²) in [6.45, 7) is 14.3. The van der Waals surface area contributed by atoms with Crippen molar-refractivity contribution in [3.05, 3.63) is 29.8 Å². The third-order valence-corrected chi connectivity index (χ3v) is 10.5. The third-order valence-electron chi connectivity index (χ3n) is 10.5. The van der Waals surface area contributed by atoms with E-state index in [9.17, 15) is 33.6 Å². The molecule has 1 aromatic rings. The van der Waals surface area contributed by atoms with Crippen molar-refractivity contribution in [2.75, 3.05) is 38.0 Å². The van der Waals surface area contributed by atoms with Gasteiger partial charge in [0, 0.05) is 56.3 Å². The van der Waals surface area contributed by atoms with E-state index in [0.717, 1.165) is 50.8 Å². The molecule has 0 bridgehead atoms. The van der Waals surface area contributed by atoms with Crippen molar-refractivity contribution in [3.63, 3.8) is 0 Å². The lowest BCUT2D eigenvalue weighted by atomic mass is 9.88. The largest absolute Gasteiger partial charge is 0.445 e. The number of hydrogen-bond acceptors (Lipinski definition) is 10. The maximum atomic E-state index is 13.7. The lowest BCUT2D eigenvalue weighted by molar-refractivity contribution is -0.134. The molecule has 0 spiro atoms. The van der Waals surface area contributed by atoms with E-state index in [2.05, 4.69) is 47.4 Å². The average molecular weight is 872 g/mol. The van der Waals surface area contributed by atoms with Gasteiger partial charge in [-0.1, -0.05) is 85.3 Å². The number of anilines is 1. The molecule has 0 heterocycles. The summed E-state index contributed by atoms with van der Waals surface area (Å²) in [7, 11) is 0. The lowest BCUT2D eigenvalue weighted by Crippen LogP contribution is -2.48. The predicted octanol–water partition coefficient (Wildman–Crippen LogP) is 6.85. The molecular weight excluding hydrogens is 791 g/mol. The molecule has 1 rings (SSSR count). The smallest absolute Gasteiger partial charge is 0.407 e. The number of primary amides is 1. The molecule has 15 nitrogen and oxygen atoms in total. The van der Waals surface area contributed by atoms with Gasteiger partial charge in [-0.15, -0.1) is 0 Å². The number of ketones is 3. The van der Waals surface area contributed by atoms with E-state index < -0.39 is 35.9 Å². The Morgan fingerprint density at radius 1 is 0.694 bits per heavy atom. The van der Waals surface area contributed by atoms with Gasteiger partial charge in [-0.3, -0.25) is 19.2 Å². The van der Waals surface area contributed by atoms with Crippen LogP contribution < -0.4 is 38.1 Å². The van der Waals surface area contributed by atoms with E-state index in [-0.39, 0.29) is 61.2 Å². The van der Waals surface area contributed by atoms with Crippen molar-refractivity contribution >= 4 is 47.0 Å². The number of rotatable bonds is 35. The van der Waals surface area contributed by atoms with E-state index in [1.165, 1.54) is 32.6 Å². The number of ether oxygens (including phenoxy) is 1. The minimum absolute atomic E-state index is 0.0419. The Kier molecular flexibility index (Phi) is 29.0. The number of amides is 5. The number of hydrogen-bond donors (Lipinski definition) is 7. The summed E-state index contributed by atoms with van der Waals surface area (Å²) in [5.41, 5.74) is 12.1. The minimum Gasteiger partial charge on any atom is -0.445 e. The summed E-state index contributed by atoms with van der Waals surface area (Å²) in [6.07, 6.45) is 12.1. The highest BCUT2D eigenvalue weighted by Crippen LogP contribution is 2.22. The van der Waals surface area contributed by atoms with Gasteiger partial charge in [-0.05, 0) is 101 Å². The van der Waals surface area contributed by atoms with E-state index in [1.807, 2.05) is 13.8 Å². The summed E-state index contributed by atoms with van der Waals surface area (Å²) in [5.74, 6) is -2.45. The van der Waals surface area contributed by atoms with Crippen molar-refractivity contribution in [1.82, 2.24) is 21.3 Å². The molecular formula is C47H81N7O8. The van der Waals surface area contributed by atoms with Crippen LogP contribution in [0.5, 0.6) is 0 Å². The number of unbranched alkanes of at least 4 members (excludes halogenated alkanes) is 7. The van der Waals surface area contributed by atoms with Crippen molar-refractivity contribution in [2.45, 2.75) is 163 Å². The fraction of sp³-hybridized carbons (Fsp3) is 0.723. The normalized spacial score (nSPS) is 12.8. The van der Waals surface area contributed by atoms with Crippen LogP contribution in [0, 0.1) is 23.2 Å². The van der Waals surface area contributed by atoms with Crippen LogP contribution >= 0.6 is 0 Å². The van der Waals surface area contributed by atoms with Crippen LogP contribution in [0.15, 0.2) is 24.3 Å². The van der Waals surface area contributed by atoms with Gasteiger partial charge >= 0.3 is 12.1 Å². The van der Waals surface area contributed by atoms with Crippen molar-refractivity contribution in [3.8, 4) is 0 Å². The summed E-state index contributed by atoms with van der Waals surface area (Å²) in [4.78, 5) is 88.0. The first-order valence-electron chi connectivity index (χ1n) is 23.0. The van der Waals surface area contributed by atoms with Crippen LogP contribution in [0.4, 0.5) is 15.3 Å². The third kappa shape index (κ3) is 28.3. The van der Waals surface area contributed by atoms with Gasteiger partial charge in [-0.25, -0.2) is 9.59 Å². The Morgan fingerprint density at radius 3 is 1.90 bits per heavy atom. The minimum atomic E-state index is -0.867. The maximum absolute atomic E-state index is 13.7. The Balaban J connectivity index is 2.52. The van der Waals surface area contributed by atoms with Crippen LogP contribution in [0.25, 0.3) is 0 Å². The SMILES string of the molecule is CC(=O)C[C@@H](CCCCN)C(=O)N[C@H](C(=O)C[C@@H](CCCNC(N)=O)C(=O)Nc1ccc(COC(=O)NCCCNCCCCCCCCCC(=O)CC(C)(C)C)cc1)C(C)C. The second-order valence-corrected chi connectivity index (χ2v) is 18.2. The highest BCUT2D eigenvalue weighted by Gasteiger charge is 2.31. The van der Waals surface area contributed by atoms with Gasteiger partial charge in [0.15, 0.2) is 5.78 Å². The lowest BCUT2D eigenvalue weighted by Gasteiger charge is -2.26. The number of benzene rings is 1. The fourth-order valence-corrected chi connectivity index (χ4v) is 7.15. The molecule has 0 saturated carbocycles. The molecule has 0 aliphatic heterocycles. The van der Waals surface area contributed by atoms with Gasteiger partial charge < -0.3 is 47.6 Å². The molecule has 62 heavy (non-hydrogen) atoms. The molecule has 0 saturated heterocycles. The second kappa shape index (κ2) is 32.3. The summed E-state index contributed by atoms with van der Waals surface area (Å²) >= 11 is 0. The predicted molar refractivity (Wildman–Crippen MR) is 245 cm³/mol. The number of Topliss-reactive ketones (excluding diaryl/α,β-unsaturated/α-hetero) is 3. The second-order valence-electron chi connectivity index (χ2n) is 18.2.